The Labute approximate surface area is 460 Å². The molecule has 74 heavy (non-hydrogen) atoms. The van der Waals surface area contributed by atoms with Crippen LogP contribution in [-0.4, -0.2) is 14.1 Å². The summed E-state index contributed by atoms with van der Waals surface area (Å²) in [6, 6.07) is 59.8. The van der Waals surface area contributed by atoms with Gasteiger partial charge in [0.25, 0.3) is 0 Å². The van der Waals surface area contributed by atoms with E-state index in [2.05, 4.69) is 95.4 Å². The van der Waals surface area contributed by atoms with Crippen molar-refractivity contribution in [3.8, 4) is 28.4 Å². The Hall–Kier alpha value is -7.84. The molecule has 7 heteroatoms. The van der Waals surface area contributed by atoms with E-state index >= 15 is 0 Å². The first-order chi connectivity index (χ1) is 38.8. The number of aromatic nitrogens is 3. The molecule has 0 saturated heterocycles. The van der Waals surface area contributed by atoms with Gasteiger partial charge in [-0.05, 0) is 124 Å². The topological polar surface area (TPSA) is 39.6 Å². The summed E-state index contributed by atoms with van der Waals surface area (Å²) in [6.45, 7) is 12.1. The number of para-hydroxylation sites is 3. The molecule has 6 nitrogen and oxygen atoms in total. The number of ether oxygens (including phenoxy) is 1. The Bertz CT molecular complexity index is 4520. The van der Waals surface area contributed by atoms with Gasteiger partial charge in [-0.2, -0.15) is 6.07 Å². The monoisotopic (exact) mass is 1150 g/mol. The van der Waals surface area contributed by atoms with E-state index in [0.29, 0.717) is 39.3 Å². The van der Waals surface area contributed by atoms with Crippen LogP contribution >= 0.6 is 0 Å². The van der Waals surface area contributed by atoms with Crippen LogP contribution in [0.3, 0.4) is 0 Å². The van der Waals surface area contributed by atoms with Gasteiger partial charge in [-0.15, -0.1) is 35.7 Å². The van der Waals surface area contributed by atoms with Gasteiger partial charge in [0.1, 0.15) is 5.82 Å². The summed E-state index contributed by atoms with van der Waals surface area (Å²) in [7, 11) is 0. The van der Waals surface area contributed by atoms with Crippen molar-refractivity contribution in [3.05, 3.63) is 217 Å². The van der Waals surface area contributed by atoms with Crippen LogP contribution in [-0.2, 0) is 37.3 Å². The van der Waals surface area contributed by atoms with Gasteiger partial charge in [0, 0.05) is 62.3 Å². The van der Waals surface area contributed by atoms with Crippen molar-refractivity contribution < 1.29 is 38.1 Å². The van der Waals surface area contributed by atoms with Gasteiger partial charge in [-0.3, -0.25) is 4.85 Å². The number of rotatable bonds is 5. The predicted octanol–water partition coefficient (Wildman–Crippen LogP) is 18.3. The largest absolute Gasteiger partial charge is 0.510 e. The minimum absolute atomic E-state index is 0. The second-order valence-corrected chi connectivity index (χ2v) is 21.0. The average molecular weight is 1150 g/mol. The van der Waals surface area contributed by atoms with Crippen LogP contribution in [0.15, 0.2) is 170 Å². The molecule has 368 valence electrons. The molecule has 0 N–H and O–H groups in total. The summed E-state index contributed by atoms with van der Waals surface area (Å²) in [4.78, 5) is 10.8. The fourth-order valence-electron chi connectivity index (χ4n) is 10.4. The fourth-order valence-corrected chi connectivity index (χ4v) is 10.4. The molecule has 0 radical (unpaired) electrons. The second-order valence-electron chi connectivity index (χ2n) is 21.0. The zero-order valence-corrected chi connectivity index (χ0v) is 44.0. The quantitative estimate of drug-likeness (QED) is 0.161. The number of fused-ring (bicyclic) bond motifs is 10. The van der Waals surface area contributed by atoms with Crippen molar-refractivity contribution >= 4 is 82.2 Å². The third-order valence-corrected chi connectivity index (χ3v) is 14.1. The van der Waals surface area contributed by atoms with Crippen LogP contribution in [0.25, 0.3) is 86.9 Å². The molecule has 1 aliphatic heterocycles. The van der Waals surface area contributed by atoms with Crippen molar-refractivity contribution in [2.24, 2.45) is 0 Å². The summed E-state index contributed by atoms with van der Waals surface area (Å²) in [5, 5.41) is 7.41. The normalized spacial score (nSPS) is 14.9. The first kappa shape index (κ1) is 38.7. The minimum Gasteiger partial charge on any atom is -0.510 e. The van der Waals surface area contributed by atoms with Gasteiger partial charge >= 0.3 is 0 Å². The maximum absolute atomic E-state index is 8.80. The van der Waals surface area contributed by atoms with Gasteiger partial charge in [0.15, 0.2) is 0 Å². The SMILES string of the molecule is [2H]C([2H])([2H])C(c1cc(-c2cccc3c4ccccc4c4ccccc4c4cccc5c4n(c23)[CH-]N5c2[c-]c(Oc3[c-]c4c(cc3)c3ccccc3n4-c3cc(C(C)(C)C)ccn3)cc([N+]#[C-])c2)cc(C(C)(C)C)c1)(C([2H])([2H])[2H])C([2H])([2H])[2H].[Pt]. The van der Waals surface area contributed by atoms with Crippen molar-refractivity contribution in [1.82, 2.24) is 14.1 Å². The number of nitrogens with zero attached hydrogens (tertiary/aromatic N) is 5. The molecule has 0 saturated carbocycles. The van der Waals surface area contributed by atoms with Crippen molar-refractivity contribution in [2.45, 2.75) is 78.3 Å². The maximum Gasteiger partial charge on any atom is 0.135 e. The molecule has 3 aromatic heterocycles. The van der Waals surface area contributed by atoms with Crippen LogP contribution in [0.2, 0.25) is 0 Å². The molecular formula is C67H56N5OPt-3. The van der Waals surface area contributed by atoms with Crippen molar-refractivity contribution in [3.63, 3.8) is 0 Å². The number of anilines is 2. The molecule has 1 aliphatic rings. The van der Waals surface area contributed by atoms with E-state index in [4.69, 9.17) is 28.6 Å². The van der Waals surface area contributed by atoms with Crippen LogP contribution in [0, 0.1) is 25.4 Å². The average Bonchev–Trinajstić information content (AvgIpc) is 2.27. The Morgan fingerprint density at radius 1 is 0.568 bits per heavy atom. The van der Waals surface area contributed by atoms with Gasteiger partial charge in [-0.25, -0.2) is 4.98 Å². The van der Waals surface area contributed by atoms with Gasteiger partial charge in [-0.1, -0.05) is 189 Å². The summed E-state index contributed by atoms with van der Waals surface area (Å²) >= 11 is 0. The summed E-state index contributed by atoms with van der Waals surface area (Å²) in [6.07, 6.45) is 1.84. The third kappa shape index (κ3) is 8.25. The van der Waals surface area contributed by atoms with Crippen LogP contribution in [0.4, 0.5) is 17.1 Å². The molecule has 0 spiro atoms. The molecule has 0 aliphatic carbocycles. The maximum atomic E-state index is 8.80. The van der Waals surface area contributed by atoms with E-state index < -0.39 is 31.4 Å². The molecule has 0 bridgehead atoms. The molecule has 0 fully saturated rings. The Morgan fingerprint density at radius 3 is 1.84 bits per heavy atom. The van der Waals surface area contributed by atoms with Gasteiger partial charge < -0.3 is 18.8 Å². The number of pyridine rings is 1. The van der Waals surface area contributed by atoms with Crippen molar-refractivity contribution in [1.29, 1.82) is 0 Å². The van der Waals surface area contributed by atoms with Crippen LogP contribution < -0.4 is 9.64 Å². The van der Waals surface area contributed by atoms with E-state index in [9.17, 15) is 0 Å². The second kappa shape index (κ2) is 18.0. The fraction of sp³-hybridized carbons (Fsp3) is 0.179. The van der Waals surface area contributed by atoms with Gasteiger partial charge in [0.05, 0.1) is 12.3 Å². The molecule has 0 unspecified atom stereocenters. The zero-order valence-electron chi connectivity index (χ0n) is 50.7. The third-order valence-electron chi connectivity index (χ3n) is 14.1. The van der Waals surface area contributed by atoms with E-state index in [1.54, 1.807) is 12.1 Å². The summed E-state index contributed by atoms with van der Waals surface area (Å²) in [5.41, 5.74) is 2.91. The Morgan fingerprint density at radius 2 is 1.18 bits per heavy atom. The van der Waals surface area contributed by atoms with Crippen LogP contribution in [0.1, 0.15) is 91.1 Å². The van der Waals surface area contributed by atoms with E-state index in [0.717, 1.165) is 76.7 Å². The van der Waals surface area contributed by atoms with E-state index in [-0.39, 0.29) is 37.8 Å². The molecule has 4 heterocycles. The van der Waals surface area contributed by atoms with Gasteiger partial charge in [0.2, 0.25) is 0 Å². The molecular weight excluding hydrogens is 1090 g/mol. The zero-order chi connectivity index (χ0) is 58.1. The summed E-state index contributed by atoms with van der Waals surface area (Å²) in [5.74, 6) is 1.42. The van der Waals surface area contributed by atoms with E-state index in [1.807, 2.05) is 130 Å². The Kier molecular flexibility index (Phi) is 9.41. The molecule has 12 rings (SSSR count). The predicted molar refractivity (Wildman–Crippen MR) is 304 cm³/mol. The molecule has 8 aromatic carbocycles. The first-order valence-electron chi connectivity index (χ1n) is 28.9. The first-order valence-corrected chi connectivity index (χ1v) is 24.4. The number of hydrogen-bond acceptors (Lipinski definition) is 3. The minimum atomic E-state index is -3.50. The van der Waals surface area contributed by atoms with Crippen LogP contribution in [0.5, 0.6) is 11.5 Å². The van der Waals surface area contributed by atoms with E-state index in [1.165, 1.54) is 12.1 Å². The molecule has 0 atom stereocenters. The molecule has 11 aromatic rings. The summed E-state index contributed by atoms with van der Waals surface area (Å²) < 4.78 is 90.1. The number of benzene rings is 8. The molecule has 0 amide bonds. The smallest absolute Gasteiger partial charge is 0.135 e. The number of hydrogen-bond donors (Lipinski definition) is 0. The standard InChI is InChI=1S/C67H56N5O.Pt/c1-65(2,3)43-31-32-69-62(36-43)72-59-27-16-15-23-55(59)56-30-29-48(40-61(56)72)73-49-38-46(68-10)37-47(39-49)70-41-71-63-50(42-33-44(66(4,5)6)35-45(34-42)67(7,8)9)24-17-25-57(63)53-21-13-11-19-51(53)52-20-12-14-22-54(52)58-26-18-28-60(70)64(58)71;/h11-38,41H,1-9H3;/q-3;/i4D3,5D3,6D3;. The van der Waals surface area contributed by atoms with Crippen molar-refractivity contribution in [2.75, 3.05) is 4.90 Å². The Balaban J connectivity index is 0.00000721.